The molecule has 11 unspecified atom stereocenters. The summed E-state index contributed by atoms with van der Waals surface area (Å²) in [6.07, 6.45) is 17.9. The van der Waals surface area contributed by atoms with Crippen LogP contribution < -0.4 is 0 Å². The molecule has 6 aliphatic rings. The fourth-order valence-electron chi connectivity index (χ4n) is 9.46. The van der Waals surface area contributed by atoms with Crippen LogP contribution in [0.3, 0.4) is 0 Å². The van der Waals surface area contributed by atoms with Gasteiger partial charge in [-0.15, -0.1) is 0 Å². The van der Waals surface area contributed by atoms with E-state index in [1.807, 2.05) is 0 Å². The summed E-state index contributed by atoms with van der Waals surface area (Å²) >= 11 is 0. The molecule has 11 atom stereocenters. The number of allylic oxidation sites excluding steroid dienone is 2. The van der Waals surface area contributed by atoms with Gasteiger partial charge in [0.15, 0.2) is 0 Å². The monoisotopic (exact) mass is 296 g/mol. The molecule has 0 aromatic heterocycles. The first kappa shape index (κ1) is 13.1. The van der Waals surface area contributed by atoms with Crippen molar-refractivity contribution >= 4 is 0 Å². The molecular weight excluding hydrogens is 264 g/mol. The zero-order valence-electron chi connectivity index (χ0n) is 14.2. The largest absolute Gasteiger partial charge is 0.0848 e. The Hall–Kier alpha value is -0.260. The van der Waals surface area contributed by atoms with E-state index in [4.69, 9.17) is 0 Å². The zero-order valence-corrected chi connectivity index (χ0v) is 14.2. The zero-order chi connectivity index (χ0) is 14.4. The van der Waals surface area contributed by atoms with Crippen molar-refractivity contribution in [2.75, 3.05) is 0 Å². The Morgan fingerprint density at radius 1 is 0.682 bits per heavy atom. The van der Waals surface area contributed by atoms with Crippen LogP contribution in [0.4, 0.5) is 0 Å². The van der Waals surface area contributed by atoms with E-state index in [0.29, 0.717) is 0 Å². The molecule has 6 rings (SSSR count). The number of hydrogen-bond donors (Lipinski definition) is 0. The summed E-state index contributed by atoms with van der Waals surface area (Å²) < 4.78 is 0. The van der Waals surface area contributed by atoms with E-state index in [0.717, 1.165) is 47.3 Å². The third kappa shape index (κ3) is 1.43. The van der Waals surface area contributed by atoms with Crippen LogP contribution in [-0.2, 0) is 0 Å². The van der Waals surface area contributed by atoms with E-state index in [9.17, 15) is 0 Å². The summed E-state index contributed by atoms with van der Waals surface area (Å²) in [7, 11) is 0. The molecule has 22 heavy (non-hydrogen) atoms. The molecule has 0 radical (unpaired) electrons. The molecular formula is C22H32. The summed E-state index contributed by atoms with van der Waals surface area (Å²) in [5, 5.41) is 0. The maximum Gasteiger partial charge on any atom is -0.0194 e. The van der Waals surface area contributed by atoms with Crippen LogP contribution in [0.25, 0.3) is 0 Å². The lowest BCUT2D eigenvalue weighted by Crippen LogP contribution is -2.48. The van der Waals surface area contributed by atoms with Crippen LogP contribution in [0.5, 0.6) is 0 Å². The number of fused-ring (bicyclic) bond motifs is 13. The van der Waals surface area contributed by atoms with E-state index in [1.165, 1.54) is 30.6 Å². The average molecular weight is 296 g/mol. The maximum atomic E-state index is 2.63. The third-order valence-electron chi connectivity index (χ3n) is 9.75. The average Bonchev–Trinajstić information content (AvgIpc) is 3.31. The van der Waals surface area contributed by atoms with Crippen molar-refractivity contribution in [3.05, 3.63) is 12.2 Å². The lowest BCUT2D eigenvalue weighted by Gasteiger charge is -2.54. The van der Waals surface area contributed by atoms with Gasteiger partial charge in [0, 0.05) is 0 Å². The highest BCUT2D eigenvalue weighted by atomic mass is 14.7. The lowest BCUT2D eigenvalue weighted by molar-refractivity contribution is -0.0506. The molecule has 5 fully saturated rings. The predicted molar refractivity (Wildman–Crippen MR) is 90.1 cm³/mol. The fraction of sp³-hybridized carbons (Fsp3) is 0.909. The first-order valence-corrected chi connectivity index (χ1v) is 10.5. The van der Waals surface area contributed by atoms with Crippen molar-refractivity contribution < 1.29 is 0 Å². The summed E-state index contributed by atoms with van der Waals surface area (Å²) in [5.74, 6) is 12.3. The Morgan fingerprint density at radius 2 is 1.36 bits per heavy atom. The molecule has 0 N–H and O–H groups in total. The highest BCUT2D eigenvalue weighted by Gasteiger charge is 2.64. The van der Waals surface area contributed by atoms with E-state index in [1.54, 1.807) is 38.5 Å². The van der Waals surface area contributed by atoms with Gasteiger partial charge >= 0.3 is 0 Å². The summed E-state index contributed by atoms with van der Waals surface area (Å²) in [4.78, 5) is 0. The molecule has 0 nitrogen and oxygen atoms in total. The van der Waals surface area contributed by atoms with E-state index < -0.39 is 0 Å². The minimum atomic E-state index is 0.988. The third-order valence-corrected chi connectivity index (χ3v) is 9.75. The van der Waals surface area contributed by atoms with Crippen molar-refractivity contribution in [1.82, 2.24) is 0 Å². The highest BCUT2D eigenvalue weighted by Crippen LogP contribution is 2.71. The molecule has 0 heterocycles. The SMILES string of the molecule is CCC1C2C3C=CC(C3)C2CC2C3CC(C4CCCCC43)C21. The summed E-state index contributed by atoms with van der Waals surface area (Å²) in [5.41, 5.74) is 0. The van der Waals surface area contributed by atoms with Crippen LogP contribution in [-0.4, -0.2) is 0 Å². The van der Waals surface area contributed by atoms with Crippen molar-refractivity contribution in [2.24, 2.45) is 65.1 Å². The quantitative estimate of drug-likeness (QED) is 0.557. The first-order chi connectivity index (χ1) is 10.9. The van der Waals surface area contributed by atoms with Gasteiger partial charge in [-0.2, -0.15) is 0 Å². The second kappa shape index (κ2) is 4.42. The number of hydrogen-bond acceptors (Lipinski definition) is 0. The van der Waals surface area contributed by atoms with Crippen molar-refractivity contribution in [2.45, 2.75) is 58.3 Å². The minimum Gasteiger partial charge on any atom is -0.0848 e. The van der Waals surface area contributed by atoms with Gasteiger partial charge in [0.25, 0.3) is 0 Å². The van der Waals surface area contributed by atoms with Crippen molar-refractivity contribution in [3.8, 4) is 0 Å². The molecule has 4 bridgehead atoms. The molecule has 120 valence electrons. The Morgan fingerprint density at radius 3 is 2.18 bits per heavy atom. The first-order valence-electron chi connectivity index (χ1n) is 10.5. The molecule has 0 saturated heterocycles. The second-order valence-electron chi connectivity index (χ2n) is 9.91. The van der Waals surface area contributed by atoms with Crippen LogP contribution in [0.15, 0.2) is 12.2 Å². The van der Waals surface area contributed by atoms with Crippen LogP contribution in [0.1, 0.15) is 58.3 Å². The molecule has 0 aliphatic heterocycles. The molecule has 0 amide bonds. The normalized spacial score (nSPS) is 63.8. The van der Waals surface area contributed by atoms with Gasteiger partial charge in [-0.1, -0.05) is 38.3 Å². The molecule has 5 saturated carbocycles. The van der Waals surface area contributed by atoms with Gasteiger partial charge in [0.05, 0.1) is 0 Å². The van der Waals surface area contributed by atoms with Gasteiger partial charge in [0.1, 0.15) is 0 Å². The Bertz CT molecular complexity index is 504. The van der Waals surface area contributed by atoms with Gasteiger partial charge in [-0.05, 0) is 97.2 Å². The smallest absolute Gasteiger partial charge is 0.0194 e. The summed E-state index contributed by atoms with van der Waals surface area (Å²) in [6, 6.07) is 0. The highest BCUT2D eigenvalue weighted by molar-refractivity contribution is 5.20. The second-order valence-corrected chi connectivity index (χ2v) is 9.91. The van der Waals surface area contributed by atoms with Crippen LogP contribution in [0, 0.1) is 65.1 Å². The number of rotatable bonds is 1. The van der Waals surface area contributed by atoms with Gasteiger partial charge in [-0.25, -0.2) is 0 Å². The Labute approximate surface area is 136 Å². The fourth-order valence-corrected chi connectivity index (χ4v) is 9.46. The van der Waals surface area contributed by atoms with Crippen LogP contribution in [0.2, 0.25) is 0 Å². The molecule has 0 aromatic rings. The van der Waals surface area contributed by atoms with E-state index in [2.05, 4.69) is 19.1 Å². The van der Waals surface area contributed by atoms with E-state index >= 15 is 0 Å². The van der Waals surface area contributed by atoms with Crippen molar-refractivity contribution in [3.63, 3.8) is 0 Å². The van der Waals surface area contributed by atoms with Gasteiger partial charge in [0.2, 0.25) is 0 Å². The molecule has 0 heteroatoms. The van der Waals surface area contributed by atoms with Crippen LogP contribution >= 0.6 is 0 Å². The Balaban J connectivity index is 1.38. The standard InChI is InChI=1S/C22H32/c1-2-14-21-13-8-7-12(9-13)17(21)10-20-18-11-19(22(14)20)16-6-4-3-5-15(16)18/h7-8,12-22H,2-6,9-11H2,1H3. The lowest BCUT2D eigenvalue weighted by atomic mass is 9.51. The molecule has 6 aliphatic carbocycles. The predicted octanol–water partition coefficient (Wildman–Crippen LogP) is 5.54. The van der Waals surface area contributed by atoms with Gasteiger partial charge < -0.3 is 0 Å². The van der Waals surface area contributed by atoms with Gasteiger partial charge in [-0.3, -0.25) is 0 Å². The Kier molecular flexibility index (Phi) is 2.63. The van der Waals surface area contributed by atoms with Crippen molar-refractivity contribution in [1.29, 1.82) is 0 Å². The summed E-state index contributed by atoms with van der Waals surface area (Å²) in [6.45, 7) is 2.53. The molecule has 0 aromatic carbocycles. The topological polar surface area (TPSA) is 0 Å². The minimum absolute atomic E-state index is 0.988. The maximum absolute atomic E-state index is 2.63. The molecule has 0 spiro atoms. The van der Waals surface area contributed by atoms with E-state index in [-0.39, 0.29) is 0 Å².